The maximum Gasteiger partial charge on any atom is 0.318 e. The van der Waals surface area contributed by atoms with E-state index < -0.39 is 11.9 Å². The van der Waals surface area contributed by atoms with Crippen molar-refractivity contribution in [2.45, 2.75) is 34.6 Å². The lowest BCUT2D eigenvalue weighted by molar-refractivity contribution is -0.146. The topological polar surface area (TPSA) is 72.9 Å². The van der Waals surface area contributed by atoms with Crippen LogP contribution in [0, 0.1) is 5.92 Å². The minimum atomic E-state index is -1.01. The molecule has 1 aliphatic heterocycles. The third-order valence-corrected chi connectivity index (χ3v) is 4.64. The van der Waals surface area contributed by atoms with Gasteiger partial charge in [-0.15, -0.1) is 0 Å². The van der Waals surface area contributed by atoms with E-state index in [4.69, 9.17) is 9.47 Å². The molecule has 0 aliphatic carbocycles. The Kier molecular flexibility index (Phi) is 6.20. The highest BCUT2D eigenvalue weighted by Gasteiger charge is 2.41. The van der Waals surface area contributed by atoms with Gasteiger partial charge in [-0.1, -0.05) is 0 Å². The van der Waals surface area contributed by atoms with E-state index in [2.05, 4.69) is 0 Å². The lowest BCUT2D eigenvalue weighted by Gasteiger charge is -2.37. The van der Waals surface area contributed by atoms with Crippen LogP contribution in [0.1, 0.15) is 34.6 Å². The summed E-state index contributed by atoms with van der Waals surface area (Å²) in [5.74, 6) is -1.43. The second-order valence-electron chi connectivity index (χ2n) is 6.33. The van der Waals surface area contributed by atoms with Crippen LogP contribution in [-0.4, -0.2) is 31.3 Å². The zero-order valence-corrected chi connectivity index (χ0v) is 16.6. The van der Waals surface area contributed by atoms with Crippen LogP contribution in [-0.2, 0) is 19.1 Å². The summed E-state index contributed by atoms with van der Waals surface area (Å²) >= 11 is 0. The normalized spacial score (nSPS) is 15.1. The van der Waals surface area contributed by atoms with E-state index in [1.54, 1.807) is 40.0 Å². The van der Waals surface area contributed by atoms with Gasteiger partial charge < -0.3 is 14.4 Å². The minimum absolute atomic E-state index is 0.173. The molecule has 0 amide bonds. The molecule has 0 atom stereocenters. The van der Waals surface area contributed by atoms with Crippen LogP contribution in [0.4, 0.5) is 5.69 Å². The average Bonchev–Trinajstić information content (AvgIpc) is 2.61. The van der Waals surface area contributed by atoms with E-state index in [-0.39, 0.29) is 29.3 Å². The number of anilines is 1. The molecular weight excluding hydrogens is 346 g/mol. The van der Waals surface area contributed by atoms with E-state index in [1.165, 1.54) is 13.8 Å². The van der Waals surface area contributed by atoms with Gasteiger partial charge in [0, 0.05) is 28.2 Å². The van der Waals surface area contributed by atoms with Gasteiger partial charge in [0.05, 0.1) is 13.7 Å². The van der Waals surface area contributed by atoms with Crippen LogP contribution in [0.2, 0.25) is 0 Å². The lowest BCUT2D eigenvalue weighted by atomic mass is 9.81. The van der Waals surface area contributed by atoms with Gasteiger partial charge >= 0.3 is 5.97 Å². The molecule has 0 unspecified atom stereocenters. The standard InChI is InChI=1S/C21H25NO5/c1-7-27-21(25)20-18(14(4)23)12(2)22(13(3)19(20)15(5)24)16-8-10-17(26-6)11-9-16/h8-11,20H,7H2,1-6H3. The fourth-order valence-corrected chi connectivity index (χ4v) is 3.55. The first-order valence-electron chi connectivity index (χ1n) is 8.78. The molecule has 1 aromatic rings. The number of carbonyl (C=O) groups excluding carboxylic acids is 3. The van der Waals surface area contributed by atoms with Crippen LogP contribution < -0.4 is 9.64 Å². The molecule has 6 nitrogen and oxygen atoms in total. The number of hydrogen-bond donors (Lipinski definition) is 0. The molecular formula is C21H25NO5. The molecule has 0 bridgehead atoms. The average molecular weight is 371 g/mol. The molecule has 1 aliphatic rings. The van der Waals surface area contributed by atoms with Gasteiger partial charge in [0.2, 0.25) is 0 Å². The van der Waals surface area contributed by atoms with Gasteiger partial charge in [-0.3, -0.25) is 14.4 Å². The van der Waals surface area contributed by atoms with Crippen molar-refractivity contribution in [1.29, 1.82) is 0 Å². The summed E-state index contributed by atoms with van der Waals surface area (Å²) in [7, 11) is 1.58. The van der Waals surface area contributed by atoms with Crippen molar-refractivity contribution in [3.8, 4) is 5.75 Å². The zero-order valence-electron chi connectivity index (χ0n) is 16.6. The number of methoxy groups -OCH3 is 1. The molecule has 0 spiro atoms. The van der Waals surface area contributed by atoms with Gasteiger partial charge in [-0.2, -0.15) is 0 Å². The van der Waals surface area contributed by atoms with Crippen LogP contribution >= 0.6 is 0 Å². The summed E-state index contributed by atoms with van der Waals surface area (Å²) in [4.78, 5) is 39.3. The highest BCUT2D eigenvalue weighted by Crippen LogP contribution is 2.40. The quantitative estimate of drug-likeness (QED) is 0.714. The Morgan fingerprint density at radius 1 is 0.963 bits per heavy atom. The van der Waals surface area contributed by atoms with Crippen LogP contribution in [0.15, 0.2) is 46.8 Å². The third kappa shape index (κ3) is 3.79. The summed E-state index contributed by atoms with van der Waals surface area (Å²) in [6.45, 7) is 8.21. The number of rotatable bonds is 6. The molecule has 0 fully saturated rings. The Balaban J connectivity index is 2.72. The van der Waals surface area contributed by atoms with Crippen molar-refractivity contribution >= 4 is 23.2 Å². The van der Waals surface area contributed by atoms with Gasteiger partial charge in [-0.25, -0.2) is 0 Å². The van der Waals surface area contributed by atoms with Crippen molar-refractivity contribution in [2.75, 3.05) is 18.6 Å². The highest BCUT2D eigenvalue weighted by molar-refractivity contribution is 6.09. The Labute approximate surface area is 159 Å². The van der Waals surface area contributed by atoms with Gasteiger partial charge in [0.25, 0.3) is 0 Å². The summed E-state index contributed by atoms with van der Waals surface area (Å²) in [6, 6.07) is 7.28. The first kappa shape index (κ1) is 20.4. The van der Waals surface area contributed by atoms with E-state index in [9.17, 15) is 14.4 Å². The number of nitrogens with zero attached hydrogens (tertiary/aromatic N) is 1. The maximum atomic E-state index is 12.6. The SMILES string of the molecule is CCOC(=O)C1C(C(C)=O)=C(C)N(c2ccc(OC)cc2)C(C)=C1C(C)=O. The Bertz CT molecular complexity index is 795. The summed E-state index contributed by atoms with van der Waals surface area (Å²) < 4.78 is 10.4. The fraction of sp³-hybridized carbons (Fsp3) is 0.381. The minimum Gasteiger partial charge on any atom is -0.497 e. The Morgan fingerprint density at radius 3 is 1.81 bits per heavy atom. The Morgan fingerprint density at radius 2 is 1.44 bits per heavy atom. The van der Waals surface area contributed by atoms with Crippen molar-refractivity contribution in [2.24, 2.45) is 5.92 Å². The van der Waals surface area contributed by atoms with E-state index in [0.29, 0.717) is 17.1 Å². The third-order valence-electron chi connectivity index (χ3n) is 4.64. The maximum absolute atomic E-state index is 12.6. The Hall–Kier alpha value is -2.89. The number of ether oxygens (including phenoxy) is 2. The molecule has 0 saturated heterocycles. The predicted octanol–water partition coefficient (Wildman–Crippen LogP) is 3.42. The summed E-state index contributed by atoms with van der Waals surface area (Å²) in [5, 5.41) is 0. The molecule has 1 aromatic carbocycles. The first-order chi connectivity index (χ1) is 12.7. The van der Waals surface area contributed by atoms with E-state index >= 15 is 0 Å². The predicted molar refractivity (Wildman–Crippen MR) is 102 cm³/mol. The number of carbonyl (C=O) groups is 3. The number of Topliss-reactive ketones (excluding diaryl/α,β-unsaturated/α-hetero) is 2. The van der Waals surface area contributed by atoms with Crippen molar-refractivity contribution in [3.05, 3.63) is 46.8 Å². The van der Waals surface area contributed by atoms with Crippen LogP contribution in [0.25, 0.3) is 0 Å². The van der Waals surface area contributed by atoms with Gasteiger partial charge in [-0.05, 0) is 58.9 Å². The van der Waals surface area contributed by atoms with Gasteiger partial charge in [0.15, 0.2) is 11.6 Å². The molecule has 2 rings (SSSR count). The number of esters is 1. The number of allylic oxidation sites excluding steroid dienone is 2. The lowest BCUT2D eigenvalue weighted by Crippen LogP contribution is -2.38. The summed E-state index contributed by atoms with van der Waals surface area (Å²) in [5.41, 5.74) is 2.53. The van der Waals surface area contributed by atoms with Gasteiger partial charge in [0.1, 0.15) is 11.7 Å². The molecule has 0 aromatic heterocycles. The molecule has 144 valence electrons. The van der Waals surface area contributed by atoms with Crippen LogP contribution in [0.3, 0.4) is 0 Å². The highest BCUT2D eigenvalue weighted by atomic mass is 16.5. The first-order valence-corrected chi connectivity index (χ1v) is 8.78. The largest absolute Gasteiger partial charge is 0.497 e. The van der Waals surface area contributed by atoms with Crippen molar-refractivity contribution < 1.29 is 23.9 Å². The summed E-state index contributed by atoms with van der Waals surface area (Å²) in [6.07, 6.45) is 0. The molecule has 6 heteroatoms. The number of benzene rings is 1. The van der Waals surface area contributed by atoms with E-state index in [0.717, 1.165) is 5.69 Å². The van der Waals surface area contributed by atoms with Crippen molar-refractivity contribution in [1.82, 2.24) is 0 Å². The second-order valence-corrected chi connectivity index (χ2v) is 6.33. The molecule has 0 saturated carbocycles. The second kappa shape index (κ2) is 8.20. The number of hydrogen-bond acceptors (Lipinski definition) is 6. The number of ketones is 2. The molecule has 0 N–H and O–H groups in total. The monoisotopic (exact) mass is 371 g/mol. The fourth-order valence-electron chi connectivity index (χ4n) is 3.55. The van der Waals surface area contributed by atoms with Crippen molar-refractivity contribution in [3.63, 3.8) is 0 Å². The molecule has 1 heterocycles. The van der Waals surface area contributed by atoms with Crippen LogP contribution in [0.5, 0.6) is 5.75 Å². The van der Waals surface area contributed by atoms with E-state index in [1.807, 2.05) is 17.0 Å². The molecule has 27 heavy (non-hydrogen) atoms. The molecule has 0 radical (unpaired) electrons. The zero-order chi connectivity index (χ0) is 20.3. The smallest absolute Gasteiger partial charge is 0.318 e.